The number of rotatable bonds is 4. The molecule has 0 aliphatic carbocycles. The smallest absolute Gasteiger partial charge is 0.450 e. The Morgan fingerprint density at radius 2 is 1.69 bits per heavy atom. The van der Waals surface area contributed by atoms with Crippen molar-refractivity contribution in [1.82, 2.24) is 9.55 Å². The maximum Gasteiger partial charge on any atom is 0.450 e. The van der Waals surface area contributed by atoms with Gasteiger partial charge in [-0.2, -0.15) is 13.2 Å². The number of benzene rings is 3. The van der Waals surface area contributed by atoms with Crippen LogP contribution in [0, 0.1) is 11.6 Å². The molecule has 0 aliphatic rings. The molecule has 3 aromatic carbocycles. The largest absolute Gasteiger partial charge is 0.497 e. The summed E-state index contributed by atoms with van der Waals surface area (Å²) in [4.78, 5) is 16.0. The Balaban J connectivity index is 1.68. The summed E-state index contributed by atoms with van der Waals surface area (Å²) in [6.07, 6.45) is -4.72. The summed E-state index contributed by atoms with van der Waals surface area (Å²) in [6.45, 7) is 0. The Bertz CT molecular complexity index is 1310. The van der Waals surface area contributed by atoms with Crippen molar-refractivity contribution in [3.05, 3.63) is 83.7 Å². The fourth-order valence-electron chi connectivity index (χ4n) is 3.17. The van der Waals surface area contributed by atoms with Crippen LogP contribution >= 0.6 is 0 Å². The highest BCUT2D eigenvalue weighted by molar-refractivity contribution is 6.04. The minimum absolute atomic E-state index is 0.104. The minimum atomic E-state index is -4.72. The zero-order valence-corrected chi connectivity index (χ0v) is 16.4. The summed E-state index contributed by atoms with van der Waals surface area (Å²) in [6, 6.07) is 12.6. The second kappa shape index (κ2) is 7.95. The van der Waals surface area contributed by atoms with Gasteiger partial charge in [-0.1, -0.05) is 0 Å². The summed E-state index contributed by atoms with van der Waals surface area (Å²) in [5, 5.41) is 2.48. The second-order valence-electron chi connectivity index (χ2n) is 6.75. The molecule has 0 unspecified atom stereocenters. The predicted octanol–water partition coefficient (Wildman–Crippen LogP) is 5.58. The van der Waals surface area contributed by atoms with E-state index in [9.17, 15) is 26.7 Å². The molecule has 0 fully saturated rings. The molecule has 10 heteroatoms. The van der Waals surface area contributed by atoms with E-state index in [1.165, 1.54) is 49.6 Å². The van der Waals surface area contributed by atoms with Crippen molar-refractivity contribution in [3.63, 3.8) is 0 Å². The Morgan fingerprint density at radius 1 is 0.969 bits per heavy atom. The monoisotopic (exact) mass is 447 g/mol. The van der Waals surface area contributed by atoms with E-state index < -0.39 is 29.5 Å². The van der Waals surface area contributed by atoms with E-state index in [1.807, 2.05) is 0 Å². The first-order valence-corrected chi connectivity index (χ1v) is 9.18. The van der Waals surface area contributed by atoms with E-state index in [1.54, 1.807) is 0 Å². The first kappa shape index (κ1) is 21.3. The minimum Gasteiger partial charge on any atom is -0.497 e. The molecule has 0 saturated carbocycles. The van der Waals surface area contributed by atoms with Crippen LogP contribution in [0.1, 0.15) is 16.2 Å². The van der Waals surface area contributed by atoms with Crippen LogP contribution in [0.25, 0.3) is 16.7 Å². The molecule has 0 aliphatic heterocycles. The number of methoxy groups -OCH3 is 1. The Kier molecular flexibility index (Phi) is 5.29. The Morgan fingerprint density at radius 3 is 2.31 bits per heavy atom. The number of aromatic nitrogens is 2. The van der Waals surface area contributed by atoms with Gasteiger partial charge < -0.3 is 10.1 Å². The lowest BCUT2D eigenvalue weighted by molar-refractivity contribution is -0.145. The molecule has 0 spiro atoms. The molecule has 32 heavy (non-hydrogen) atoms. The highest BCUT2D eigenvalue weighted by atomic mass is 19.4. The number of nitrogens with one attached hydrogen (secondary N) is 1. The molecule has 0 saturated heterocycles. The van der Waals surface area contributed by atoms with E-state index in [0.717, 1.165) is 22.8 Å². The molecule has 0 bridgehead atoms. The molecule has 1 N–H and O–H groups in total. The van der Waals surface area contributed by atoms with Gasteiger partial charge in [0.25, 0.3) is 5.91 Å². The molecule has 1 heterocycles. The highest BCUT2D eigenvalue weighted by Gasteiger charge is 2.38. The molecule has 1 amide bonds. The Hall–Kier alpha value is -3.95. The number of nitrogens with zero attached hydrogens (tertiary/aromatic N) is 2. The lowest BCUT2D eigenvalue weighted by Crippen LogP contribution is -2.14. The summed E-state index contributed by atoms with van der Waals surface area (Å²) in [7, 11) is 1.40. The predicted molar refractivity (Wildman–Crippen MR) is 107 cm³/mol. The van der Waals surface area contributed by atoms with Crippen molar-refractivity contribution in [3.8, 4) is 11.4 Å². The molecular formula is C22H14F5N3O2. The molecule has 5 nitrogen and oxygen atoms in total. The Labute approximate surface area is 178 Å². The van der Waals surface area contributed by atoms with Crippen molar-refractivity contribution in [2.45, 2.75) is 6.18 Å². The average molecular weight is 447 g/mol. The fraction of sp³-hybridized carbons (Fsp3) is 0.0909. The van der Waals surface area contributed by atoms with Crippen LogP contribution in [0.3, 0.4) is 0 Å². The van der Waals surface area contributed by atoms with Crippen LogP contribution in [0.4, 0.5) is 27.6 Å². The third-order valence-electron chi connectivity index (χ3n) is 4.68. The molecule has 1 aromatic heterocycles. The summed E-state index contributed by atoms with van der Waals surface area (Å²) < 4.78 is 73.3. The number of fused-ring (bicyclic) bond motifs is 1. The number of imidazole rings is 1. The van der Waals surface area contributed by atoms with E-state index in [2.05, 4.69) is 10.3 Å². The van der Waals surface area contributed by atoms with Crippen molar-refractivity contribution in [1.29, 1.82) is 0 Å². The lowest BCUT2D eigenvalue weighted by atomic mass is 10.2. The van der Waals surface area contributed by atoms with Crippen LogP contribution in [0.15, 0.2) is 60.7 Å². The van der Waals surface area contributed by atoms with E-state index in [4.69, 9.17) is 4.74 Å². The van der Waals surface area contributed by atoms with Crippen molar-refractivity contribution < 1.29 is 31.5 Å². The topological polar surface area (TPSA) is 56.1 Å². The average Bonchev–Trinajstić information content (AvgIpc) is 3.15. The third kappa shape index (κ3) is 3.98. The highest BCUT2D eigenvalue weighted by Crippen LogP contribution is 2.35. The number of halogens is 5. The van der Waals surface area contributed by atoms with Crippen LogP contribution in [0.5, 0.6) is 5.75 Å². The van der Waals surface area contributed by atoms with E-state index >= 15 is 0 Å². The van der Waals surface area contributed by atoms with Gasteiger partial charge in [0.15, 0.2) is 11.6 Å². The third-order valence-corrected chi connectivity index (χ3v) is 4.68. The van der Waals surface area contributed by atoms with Gasteiger partial charge in [0.2, 0.25) is 5.82 Å². The molecule has 4 aromatic rings. The summed E-state index contributed by atoms with van der Waals surface area (Å²) in [5.74, 6) is -3.70. The summed E-state index contributed by atoms with van der Waals surface area (Å²) >= 11 is 0. The number of hydrogen-bond acceptors (Lipinski definition) is 3. The number of anilines is 1. The maximum absolute atomic E-state index is 13.6. The normalized spacial score (nSPS) is 11.6. The van der Waals surface area contributed by atoms with Crippen LogP contribution < -0.4 is 10.1 Å². The molecule has 164 valence electrons. The van der Waals surface area contributed by atoms with E-state index in [0.29, 0.717) is 5.75 Å². The first-order valence-electron chi connectivity index (χ1n) is 9.18. The van der Waals surface area contributed by atoms with Gasteiger partial charge in [0.1, 0.15) is 5.75 Å². The van der Waals surface area contributed by atoms with Gasteiger partial charge in [-0.3, -0.25) is 9.36 Å². The van der Waals surface area contributed by atoms with Gasteiger partial charge in [-0.15, -0.1) is 0 Å². The maximum atomic E-state index is 13.6. The van der Waals surface area contributed by atoms with Crippen LogP contribution in [-0.2, 0) is 6.18 Å². The SMILES string of the molecule is COc1ccc2c(c1)nc(C(F)(F)F)n2-c1ccc(NC(=O)c2ccc(F)c(F)c2)cc1. The van der Waals surface area contributed by atoms with Crippen molar-refractivity contribution >= 4 is 22.6 Å². The van der Waals surface area contributed by atoms with Crippen molar-refractivity contribution in [2.24, 2.45) is 0 Å². The summed E-state index contributed by atoms with van der Waals surface area (Å²) in [5.41, 5.74) is 0.630. The van der Waals surface area contributed by atoms with Crippen LogP contribution in [0.2, 0.25) is 0 Å². The second-order valence-corrected chi connectivity index (χ2v) is 6.75. The number of hydrogen-bond donors (Lipinski definition) is 1. The van der Waals surface area contributed by atoms with Gasteiger partial charge in [0.05, 0.1) is 18.1 Å². The number of carbonyl (C=O) groups is 1. The zero-order chi connectivity index (χ0) is 23.0. The standard InChI is InChI=1S/C22H14F5N3O2/c1-32-15-7-9-19-18(11-15)29-21(22(25,26)27)30(19)14-5-3-13(4-6-14)28-20(31)12-2-8-16(23)17(24)10-12/h2-11H,1H3,(H,28,31). The van der Waals surface area contributed by atoms with Gasteiger partial charge >= 0.3 is 6.18 Å². The quantitative estimate of drug-likeness (QED) is 0.416. The molecular weight excluding hydrogens is 433 g/mol. The van der Waals surface area contributed by atoms with Gasteiger partial charge in [-0.05, 0) is 54.6 Å². The lowest BCUT2D eigenvalue weighted by Gasteiger charge is -2.12. The number of carbonyl (C=O) groups excluding carboxylic acids is 1. The fourth-order valence-corrected chi connectivity index (χ4v) is 3.17. The van der Waals surface area contributed by atoms with Crippen LogP contribution in [-0.4, -0.2) is 22.6 Å². The molecule has 0 atom stereocenters. The van der Waals surface area contributed by atoms with E-state index in [-0.39, 0.29) is 28.0 Å². The number of ether oxygens (including phenoxy) is 1. The van der Waals surface area contributed by atoms with Gasteiger partial charge in [-0.25, -0.2) is 13.8 Å². The zero-order valence-electron chi connectivity index (χ0n) is 16.4. The molecule has 0 radical (unpaired) electrons. The number of amides is 1. The van der Waals surface area contributed by atoms with Gasteiger partial charge in [0, 0.05) is 23.0 Å². The van der Waals surface area contributed by atoms with Crippen molar-refractivity contribution in [2.75, 3.05) is 12.4 Å². The number of alkyl halides is 3. The molecule has 4 rings (SSSR count). The first-order chi connectivity index (χ1) is 15.2.